The number of hydrogen-bond acceptors (Lipinski definition) is 6. The monoisotopic (exact) mass is 584 g/mol. The van der Waals surface area contributed by atoms with Crippen molar-refractivity contribution in [2.45, 2.75) is 140 Å². The predicted molar refractivity (Wildman–Crippen MR) is 170 cm³/mol. The minimum absolute atomic E-state index is 0.0444. The molecule has 42 heavy (non-hydrogen) atoms. The van der Waals surface area contributed by atoms with Crippen LogP contribution in [0.1, 0.15) is 163 Å². The van der Waals surface area contributed by atoms with Crippen molar-refractivity contribution >= 4 is 0 Å². The van der Waals surface area contributed by atoms with Crippen LogP contribution in [-0.2, 0) is 0 Å². The van der Waals surface area contributed by atoms with Crippen LogP contribution in [0.4, 0.5) is 0 Å². The average molecular weight is 585 g/mol. The molecule has 0 heterocycles. The molecule has 4 atom stereocenters. The number of phenolic OH excluding ortho intramolecular Hbond substituents is 4. The number of aliphatic hydroxyl groups excluding tert-OH is 2. The summed E-state index contributed by atoms with van der Waals surface area (Å²) in [5.74, 6) is 1.25. The van der Waals surface area contributed by atoms with Gasteiger partial charge in [0.05, 0.1) is 0 Å². The number of unbranched alkanes of at least 4 members (excludes halogenated alkanes) is 2. The summed E-state index contributed by atoms with van der Waals surface area (Å²) >= 11 is 0. The Morgan fingerprint density at radius 1 is 0.500 bits per heavy atom. The van der Waals surface area contributed by atoms with Crippen molar-refractivity contribution in [2.24, 2.45) is 0 Å². The van der Waals surface area contributed by atoms with Crippen molar-refractivity contribution in [1.29, 1.82) is 0 Å². The van der Waals surface area contributed by atoms with E-state index in [0.717, 1.165) is 101 Å². The van der Waals surface area contributed by atoms with Gasteiger partial charge in [0.1, 0.15) is 23.0 Å². The zero-order valence-electron chi connectivity index (χ0n) is 26.0. The molecular formula is C36H56O6. The smallest absolute Gasteiger partial charge is 0.123 e. The van der Waals surface area contributed by atoms with E-state index in [4.69, 9.17) is 0 Å². The lowest BCUT2D eigenvalue weighted by molar-refractivity contribution is 0.279. The van der Waals surface area contributed by atoms with Gasteiger partial charge in [0.15, 0.2) is 0 Å². The molecule has 4 aliphatic rings. The molecule has 6 nitrogen and oxygen atoms in total. The van der Waals surface area contributed by atoms with E-state index >= 15 is 0 Å². The third-order valence-corrected chi connectivity index (χ3v) is 9.57. The molecule has 0 radical (unpaired) electrons. The van der Waals surface area contributed by atoms with E-state index in [1.807, 2.05) is 24.3 Å². The average Bonchev–Trinajstić information content (AvgIpc) is 2.94. The second-order valence-electron chi connectivity index (χ2n) is 12.9. The molecule has 6 rings (SSSR count). The number of benzene rings is 2. The standard InChI is InChI=1S/C36H56O6/c1-25-13-5-3-7-15-28(18-10-12-20-38)36-33(41)23-30(24-34(36)42)26(2)14-6-4-8-16-27(17-9-11-19-37)35-31(39)21-29(25)22-32(35)40/h21-28,37-42H,3-20H2,1-2H3/t25-,26-,27-,28-/m1/s1. The van der Waals surface area contributed by atoms with Crippen molar-refractivity contribution in [3.8, 4) is 23.0 Å². The van der Waals surface area contributed by atoms with E-state index in [1.54, 1.807) is 0 Å². The molecule has 0 spiro atoms. The van der Waals surface area contributed by atoms with Gasteiger partial charge in [-0.3, -0.25) is 0 Å². The first kappa shape index (κ1) is 34.1. The molecule has 236 valence electrons. The topological polar surface area (TPSA) is 121 Å². The molecular weight excluding hydrogens is 528 g/mol. The normalized spacial score (nSPS) is 23.0. The first-order valence-corrected chi connectivity index (χ1v) is 16.6. The molecule has 0 saturated carbocycles. The highest BCUT2D eigenvalue weighted by Gasteiger charge is 2.24. The summed E-state index contributed by atoms with van der Waals surface area (Å²) in [5.41, 5.74) is 3.21. The summed E-state index contributed by atoms with van der Waals surface area (Å²) < 4.78 is 0. The van der Waals surface area contributed by atoms with Crippen molar-refractivity contribution in [2.75, 3.05) is 13.2 Å². The lowest BCUT2D eigenvalue weighted by Crippen LogP contribution is -2.05. The van der Waals surface area contributed by atoms with Gasteiger partial charge >= 0.3 is 0 Å². The molecule has 4 bridgehead atoms. The Balaban J connectivity index is 1.83. The molecule has 0 unspecified atom stereocenters. The highest BCUT2D eigenvalue weighted by atomic mass is 16.3. The molecule has 0 fully saturated rings. The van der Waals surface area contributed by atoms with Gasteiger partial charge in [-0.2, -0.15) is 0 Å². The maximum Gasteiger partial charge on any atom is 0.123 e. The maximum absolute atomic E-state index is 11.1. The number of aromatic hydroxyl groups is 4. The number of phenols is 4. The van der Waals surface area contributed by atoms with Crippen molar-refractivity contribution < 1.29 is 30.6 Å². The van der Waals surface area contributed by atoms with Crippen LogP contribution >= 0.6 is 0 Å². The van der Waals surface area contributed by atoms with Crippen molar-refractivity contribution in [3.05, 3.63) is 46.5 Å². The van der Waals surface area contributed by atoms with Crippen LogP contribution in [0.2, 0.25) is 0 Å². The zero-order valence-corrected chi connectivity index (χ0v) is 26.0. The lowest BCUT2D eigenvalue weighted by Gasteiger charge is -2.23. The van der Waals surface area contributed by atoms with Crippen LogP contribution in [0.15, 0.2) is 24.3 Å². The van der Waals surface area contributed by atoms with E-state index in [-0.39, 0.29) is 59.9 Å². The van der Waals surface area contributed by atoms with Gasteiger partial charge in [0.2, 0.25) is 0 Å². The molecule has 0 aliphatic heterocycles. The Hall–Kier alpha value is -2.44. The molecule has 2 aromatic rings. The number of aliphatic hydroxyl groups is 2. The third kappa shape index (κ3) is 9.80. The summed E-state index contributed by atoms with van der Waals surface area (Å²) in [4.78, 5) is 0. The van der Waals surface area contributed by atoms with Crippen LogP contribution in [-0.4, -0.2) is 43.9 Å². The molecule has 0 aromatic heterocycles. The second-order valence-corrected chi connectivity index (χ2v) is 12.9. The quantitative estimate of drug-likeness (QED) is 0.172. The Kier molecular flexibility index (Phi) is 14.3. The van der Waals surface area contributed by atoms with Gasteiger partial charge in [-0.05, 0) is 110 Å². The predicted octanol–water partition coefficient (Wildman–Crippen LogP) is 8.82. The van der Waals surface area contributed by atoms with Gasteiger partial charge in [-0.15, -0.1) is 0 Å². The Morgan fingerprint density at radius 2 is 0.833 bits per heavy atom. The maximum atomic E-state index is 11.1. The fourth-order valence-electron chi connectivity index (χ4n) is 6.93. The summed E-state index contributed by atoms with van der Waals surface area (Å²) in [6, 6.07) is 7.38. The Bertz CT molecular complexity index is 951. The SMILES string of the molecule is C[C@@H]1CCCCC[C@H](CCCCO)c2c(O)cc(cc2O)[C@H](C)CCCCC[C@H](CCCCO)c2c(O)cc1cc2O. The molecule has 6 N–H and O–H groups in total. The largest absolute Gasteiger partial charge is 0.508 e. The van der Waals surface area contributed by atoms with Crippen LogP contribution < -0.4 is 0 Å². The summed E-state index contributed by atoms with van der Waals surface area (Å²) in [6.45, 7) is 4.58. The highest BCUT2D eigenvalue weighted by molar-refractivity contribution is 5.50. The van der Waals surface area contributed by atoms with Crippen LogP contribution in [0.25, 0.3) is 0 Å². The van der Waals surface area contributed by atoms with E-state index < -0.39 is 0 Å². The molecule has 6 heteroatoms. The van der Waals surface area contributed by atoms with Gasteiger partial charge in [-0.1, -0.05) is 65.2 Å². The first-order chi connectivity index (χ1) is 20.3. The minimum Gasteiger partial charge on any atom is -0.508 e. The minimum atomic E-state index is 0.0444. The summed E-state index contributed by atoms with van der Waals surface area (Å²) in [6.07, 6.45) is 14.4. The number of rotatable bonds is 8. The Morgan fingerprint density at radius 3 is 1.17 bits per heavy atom. The van der Waals surface area contributed by atoms with Crippen LogP contribution in [0, 0.1) is 0 Å². The van der Waals surface area contributed by atoms with Crippen LogP contribution in [0.3, 0.4) is 0 Å². The molecule has 4 aliphatic carbocycles. The Labute approximate surface area is 253 Å². The van der Waals surface area contributed by atoms with Gasteiger partial charge in [0, 0.05) is 24.3 Å². The summed E-state index contributed by atoms with van der Waals surface area (Å²) in [7, 11) is 0. The van der Waals surface area contributed by atoms with Gasteiger partial charge < -0.3 is 30.6 Å². The van der Waals surface area contributed by atoms with Crippen LogP contribution in [0.5, 0.6) is 23.0 Å². The van der Waals surface area contributed by atoms with Crippen molar-refractivity contribution in [3.63, 3.8) is 0 Å². The molecule has 0 saturated heterocycles. The summed E-state index contributed by atoms with van der Waals surface area (Å²) in [5, 5.41) is 62.9. The van der Waals surface area contributed by atoms with Gasteiger partial charge in [-0.25, -0.2) is 0 Å². The molecule has 0 amide bonds. The molecule has 2 aromatic carbocycles. The fourth-order valence-corrected chi connectivity index (χ4v) is 6.93. The van der Waals surface area contributed by atoms with Gasteiger partial charge in [0.25, 0.3) is 0 Å². The zero-order chi connectivity index (χ0) is 30.5. The van der Waals surface area contributed by atoms with E-state index in [0.29, 0.717) is 24.0 Å². The van der Waals surface area contributed by atoms with E-state index in [1.165, 1.54) is 0 Å². The van der Waals surface area contributed by atoms with E-state index in [9.17, 15) is 30.6 Å². The number of hydrogen-bond donors (Lipinski definition) is 6. The first-order valence-electron chi connectivity index (χ1n) is 16.6. The van der Waals surface area contributed by atoms with Crippen molar-refractivity contribution in [1.82, 2.24) is 0 Å². The lowest BCUT2D eigenvalue weighted by atomic mass is 9.83. The highest BCUT2D eigenvalue weighted by Crippen LogP contribution is 2.44. The second kappa shape index (κ2) is 17.6. The third-order valence-electron chi connectivity index (χ3n) is 9.57. The van der Waals surface area contributed by atoms with E-state index in [2.05, 4.69) is 13.8 Å². The fraction of sp³-hybridized carbons (Fsp3) is 0.667.